The Morgan fingerprint density at radius 1 is 1.50 bits per heavy atom. The first-order valence-electron chi connectivity index (χ1n) is 3.89. The van der Waals surface area contributed by atoms with Crippen LogP contribution in [0, 0.1) is 0 Å². The van der Waals surface area contributed by atoms with Gasteiger partial charge in [0.2, 0.25) is 0 Å². The minimum Gasteiger partial charge on any atom is -0.282 e. The Labute approximate surface area is 61.7 Å². The minimum absolute atomic E-state index is 1.06. The van der Waals surface area contributed by atoms with Crippen LogP contribution in [-0.2, 0) is 12.8 Å². The number of hydrogen-bond acceptors (Lipinski definition) is 1. The van der Waals surface area contributed by atoms with Gasteiger partial charge in [-0.15, -0.1) is 0 Å². The Hall–Kier alpha value is -0.790. The van der Waals surface area contributed by atoms with Crippen LogP contribution in [0.25, 0.3) is 0 Å². The summed E-state index contributed by atoms with van der Waals surface area (Å²) in [5.41, 5.74) is 2.67. The third-order valence-corrected chi connectivity index (χ3v) is 1.68. The molecule has 2 nitrogen and oxygen atoms in total. The summed E-state index contributed by atoms with van der Waals surface area (Å²) < 4.78 is 0. The van der Waals surface area contributed by atoms with Crippen molar-refractivity contribution in [2.24, 2.45) is 0 Å². The van der Waals surface area contributed by atoms with Crippen molar-refractivity contribution in [3.8, 4) is 0 Å². The largest absolute Gasteiger partial charge is 0.282 e. The van der Waals surface area contributed by atoms with E-state index in [0.717, 1.165) is 12.8 Å². The van der Waals surface area contributed by atoms with Gasteiger partial charge in [0, 0.05) is 5.69 Å². The van der Waals surface area contributed by atoms with E-state index in [-0.39, 0.29) is 0 Å². The number of nitrogens with one attached hydrogen (secondary N) is 1. The van der Waals surface area contributed by atoms with E-state index in [1.165, 1.54) is 17.7 Å². The van der Waals surface area contributed by atoms with Gasteiger partial charge in [0.05, 0.1) is 6.20 Å². The predicted molar refractivity (Wildman–Crippen MR) is 42.0 cm³/mol. The van der Waals surface area contributed by atoms with Gasteiger partial charge < -0.3 is 0 Å². The molecule has 1 aromatic rings. The van der Waals surface area contributed by atoms with Gasteiger partial charge in [0.1, 0.15) is 0 Å². The molecule has 56 valence electrons. The van der Waals surface area contributed by atoms with Crippen molar-refractivity contribution in [1.82, 2.24) is 10.2 Å². The molecule has 0 atom stereocenters. The van der Waals surface area contributed by atoms with Crippen molar-refractivity contribution in [3.05, 3.63) is 17.5 Å². The Morgan fingerprint density at radius 2 is 2.30 bits per heavy atom. The molecule has 0 radical (unpaired) electrons. The van der Waals surface area contributed by atoms with Gasteiger partial charge in [-0.05, 0) is 18.4 Å². The number of aromatic nitrogens is 2. The van der Waals surface area contributed by atoms with Crippen molar-refractivity contribution >= 4 is 0 Å². The summed E-state index contributed by atoms with van der Waals surface area (Å²) in [7, 11) is 0. The van der Waals surface area contributed by atoms with E-state index in [2.05, 4.69) is 24.0 Å². The summed E-state index contributed by atoms with van der Waals surface area (Å²) in [6, 6.07) is 0. The van der Waals surface area contributed by atoms with Crippen LogP contribution < -0.4 is 0 Å². The summed E-state index contributed by atoms with van der Waals surface area (Å²) in [5.74, 6) is 0. The molecule has 1 N–H and O–H groups in total. The third-order valence-electron chi connectivity index (χ3n) is 1.68. The van der Waals surface area contributed by atoms with Crippen LogP contribution in [0.4, 0.5) is 0 Å². The van der Waals surface area contributed by atoms with E-state index in [9.17, 15) is 0 Å². The molecular formula is C8H14N2. The standard InChI is InChI=1S/C8H14N2/c1-3-5-7-6-9-10-8(7)4-2/h6H,3-5H2,1-2H3,(H,9,10). The van der Waals surface area contributed by atoms with Crippen LogP contribution in [-0.4, -0.2) is 10.2 Å². The van der Waals surface area contributed by atoms with Gasteiger partial charge in [-0.2, -0.15) is 5.10 Å². The highest BCUT2D eigenvalue weighted by Gasteiger charge is 1.99. The van der Waals surface area contributed by atoms with Gasteiger partial charge >= 0.3 is 0 Å². The van der Waals surface area contributed by atoms with E-state index in [0.29, 0.717) is 0 Å². The Kier molecular flexibility index (Phi) is 2.49. The van der Waals surface area contributed by atoms with E-state index in [1.54, 1.807) is 0 Å². The molecule has 1 heterocycles. The zero-order valence-electron chi connectivity index (χ0n) is 6.65. The first-order valence-corrected chi connectivity index (χ1v) is 3.89. The molecule has 0 fully saturated rings. The second kappa shape index (κ2) is 3.40. The zero-order chi connectivity index (χ0) is 7.40. The Morgan fingerprint density at radius 3 is 2.90 bits per heavy atom. The van der Waals surface area contributed by atoms with Crippen LogP contribution in [0.15, 0.2) is 6.20 Å². The van der Waals surface area contributed by atoms with Crippen LogP contribution in [0.1, 0.15) is 31.5 Å². The maximum Gasteiger partial charge on any atom is 0.0522 e. The molecule has 0 unspecified atom stereocenters. The molecule has 0 amide bonds. The molecule has 0 saturated carbocycles. The average molecular weight is 138 g/mol. The number of nitrogens with zero attached hydrogens (tertiary/aromatic N) is 1. The number of rotatable bonds is 3. The summed E-state index contributed by atoms with van der Waals surface area (Å²) in [5, 5.41) is 6.98. The van der Waals surface area contributed by atoms with Crippen molar-refractivity contribution in [3.63, 3.8) is 0 Å². The van der Waals surface area contributed by atoms with Crippen molar-refractivity contribution in [1.29, 1.82) is 0 Å². The lowest BCUT2D eigenvalue weighted by atomic mass is 10.1. The van der Waals surface area contributed by atoms with Crippen LogP contribution in [0.2, 0.25) is 0 Å². The fraction of sp³-hybridized carbons (Fsp3) is 0.625. The highest BCUT2D eigenvalue weighted by atomic mass is 15.1. The molecule has 1 rings (SSSR count). The highest BCUT2D eigenvalue weighted by Crippen LogP contribution is 2.06. The molecule has 0 bridgehead atoms. The molecule has 0 aliphatic rings. The van der Waals surface area contributed by atoms with Gasteiger partial charge in [0.15, 0.2) is 0 Å². The quantitative estimate of drug-likeness (QED) is 0.679. The summed E-state index contributed by atoms with van der Waals surface area (Å²) in [6.45, 7) is 4.33. The maximum absolute atomic E-state index is 3.99. The molecule has 0 aliphatic heterocycles. The number of aromatic amines is 1. The highest BCUT2D eigenvalue weighted by molar-refractivity contribution is 5.15. The molecule has 0 spiro atoms. The summed E-state index contributed by atoms with van der Waals surface area (Å²) in [6.07, 6.45) is 5.35. The second-order valence-corrected chi connectivity index (χ2v) is 2.48. The van der Waals surface area contributed by atoms with E-state index < -0.39 is 0 Å². The molecule has 0 aromatic carbocycles. The Bertz CT molecular complexity index is 191. The minimum atomic E-state index is 1.06. The van der Waals surface area contributed by atoms with Crippen molar-refractivity contribution in [2.45, 2.75) is 33.1 Å². The van der Waals surface area contributed by atoms with Crippen LogP contribution in [0.5, 0.6) is 0 Å². The zero-order valence-corrected chi connectivity index (χ0v) is 6.65. The molecular weight excluding hydrogens is 124 g/mol. The fourth-order valence-electron chi connectivity index (χ4n) is 1.13. The second-order valence-electron chi connectivity index (χ2n) is 2.48. The third kappa shape index (κ3) is 1.38. The van der Waals surface area contributed by atoms with E-state index >= 15 is 0 Å². The summed E-state index contributed by atoms with van der Waals surface area (Å²) >= 11 is 0. The smallest absolute Gasteiger partial charge is 0.0522 e. The topological polar surface area (TPSA) is 28.7 Å². The van der Waals surface area contributed by atoms with Gasteiger partial charge in [-0.3, -0.25) is 5.10 Å². The lowest BCUT2D eigenvalue weighted by molar-refractivity contribution is 0.891. The van der Waals surface area contributed by atoms with Gasteiger partial charge in [-0.1, -0.05) is 20.3 Å². The lowest BCUT2D eigenvalue weighted by Gasteiger charge is -1.95. The molecule has 0 saturated heterocycles. The predicted octanol–water partition coefficient (Wildman–Crippen LogP) is 1.92. The normalized spacial score (nSPS) is 10.2. The lowest BCUT2D eigenvalue weighted by Crippen LogP contribution is -1.87. The van der Waals surface area contributed by atoms with E-state index in [4.69, 9.17) is 0 Å². The summed E-state index contributed by atoms with van der Waals surface area (Å²) in [4.78, 5) is 0. The van der Waals surface area contributed by atoms with Crippen LogP contribution >= 0.6 is 0 Å². The maximum atomic E-state index is 3.99. The average Bonchev–Trinajstić information content (AvgIpc) is 2.36. The molecule has 2 heteroatoms. The SMILES string of the molecule is CCCc1cn[nH]c1CC. The molecule has 10 heavy (non-hydrogen) atoms. The number of H-pyrrole nitrogens is 1. The first-order chi connectivity index (χ1) is 4.88. The first kappa shape index (κ1) is 7.32. The number of hydrogen-bond donors (Lipinski definition) is 1. The van der Waals surface area contributed by atoms with Crippen molar-refractivity contribution < 1.29 is 0 Å². The van der Waals surface area contributed by atoms with Crippen LogP contribution in [0.3, 0.4) is 0 Å². The van der Waals surface area contributed by atoms with E-state index in [1.807, 2.05) is 6.20 Å². The molecule has 1 aromatic heterocycles. The molecule has 0 aliphatic carbocycles. The number of aryl methyl sites for hydroxylation is 2. The van der Waals surface area contributed by atoms with Gasteiger partial charge in [-0.25, -0.2) is 0 Å². The monoisotopic (exact) mass is 138 g/mol. The van der Waals surface area contributed by atoms with Crippen molar-refractivity contribution in [2.75, 3.05) is 0 Å². The fourth-order valence-corrected chi connectivity index (χ4v) is 1.13. The van der Waals surface area contributed by atoms with Gasteiger partial charge in [0.25, 0.3) is 0 Å². The Balaban J connectivity index is 2.70.